The molecule has 37 heavy (non-hydrogen) atoms. The number of nitrogens with one attached hydrogen (secondary N) is 2. The number of phenolic OH excluding ortho intramolecular Hbond substituents is 1. The van der Waals surface area contributed by atoms with Gasteiger partial charge in [-0.2, -0.15) is 13.2 Å². The lowest BCUT2D eigenvalue weighted by Gasteiger charge is -2.17. The molecule has 11 heteroatoms. The Morgan fingerprint density at radius 3 is 2.68 bits per heavy atom. The van der Waals surface area contributed by atoms with Gasteiger partial charge in [-0.1, -0.05) is 11.6 Å². The predicted octanol–water partition coefficient (Wildman–Crippen LogP) is 5.84. The minimum absolute atomic E-state index is 0.0780. The van der Waals surface area contributed by atoms with E-state index in [9.17, 15) is 28.2 Å². The number of aliphatic hydroxyl groups excluding tert-OH is 1. The molecule has 0 fully saturated rings. The Morgan fingerprint density at radius 1 is 1.14 bits per heavy atom. The Hall–Kier alpha value is -2.92. The fraction of sp³-hybridized carbons (Fsp3) is 0.269. The number of aromatic hydroxyl groups is 1. The van der Waals surface area contributed by atoms with Crippen LogP contribution in [-0.2, 0) is 12.6 Å². The molecule has 6 nitrogen and oxygen atoms in total. The summed E-state index contributed by atoms with van der Waals surface area (Å²) < 4.78 is 45.7. The summed E-state index contributed by atoms with van der Waals surface area (Å²) in [6.45, 7) is 1.19. The molecule has 2 aromatic heterocycles. The van der Waals surface area contributed by atoms with Crippen LogP contribution in [0.1, 0.15) is 17.7 Å². The minimum Gasteiger partial charge on any atom is -0.507 e. The molecule has 4 aromatic rings. The molecule has 0 saturated carbocycles. The normalized spacial score (nSPS) is 12.8. The highest BCUT2D eigenvalue weighted by molar-refractivity contribution is 7.99. The molecule has 2 aromatic carbocycles. The number of hydrogen-bond donors (Lipinski definition) is 4. The molecular weight excluding hydrogens is 529 g/mol. The summed E-state index contributed by atoms with van der Waals surface area (Å²) in [5.41, 5.74) is -1.02. The van der Waals surface area contributed by atoms with Gasteiger partial charge in [0.2, 0.25) is 0 Å². The molecule has 4 N–H and O–H groups in total. The van der Waals surface area contributed by atoms with Crippen LogP contribution >= 0.6 is 23.4 Å². The zero-order chi connectivity index (χ0) is 26.6. The summed E-state index contributed by atoms with van der Waals surface area (Å²) in [5.74, 6) is 0.725. The highest BCUT2D eigenvalue weighted by atomic mass is 35.5. The van der Waals surface area contributed by atoms with Gasteiger partial charge in [-0.3, -0.25) is 4.79 Å². The van der Waals surface area contributed by atoms with Crippen molar-refractivity contribution >= 4 is 34.3 Å². The lowest BCUT2D eigenvalue weighted by Crippen LogP contribution is -2.24. The molecule has 0 aliphatic carbocycles. The molecule has 0 amide bonds. The van der Waals surface area contributed by atoms with Gasteiger partial charge in [-0.15, -0.1) is 11.8 Å². The smallest absolute Gasteiger partial charge is 0.416 e. The number of pyridine rings is 1. The maximum atomic E-state index is 13.5. The molecule has 0 spiro atoms. The lowest BCUT2D eigenvalue weighted by atomic mass is 9.98. The number of aliphatic hydroxyl groups is 1. The first-order valence-electron chi connectivity index (χ1n) is 11.4. The number of phenols is 1. The highest BCUT2D eigenvalue weighted by Crippen LogP contribution is 2.42. The lowest BCUT2D eigenvalue weighted by molar-refractivity contribution is -0.137. The second kappa shape index (κ2) is 11.6. The fourth-order valence-corrected chi connectivity index (χ4v) is 5.13. The van der Waals surface area contributed by atoms with Crippen molar-refractivity contribution in [3.05, 3.63) is 81.5 Å². The minimum atomic E-state index is -4.61. The van der Waals surface area contributed by atoms with Crippen LogP contribution in [0, 0.1) is 0 Å². The quantitative estimate of drug-likeness (QED) is 0.146. The van der Waals surface area contributed by atoms with Crippen molar-refractivity contribution in [1.29, 1.82) is 0 Å². The number of H-pyrrole nitrogens is 1. The topological polar surface area (TPSA) is 98.5 Å². The predicted molar refractivity (Wildman–Crippen MR) is 138 cm³/mol. The first kappa shape index (κ1) is 27.1. The third-order valence-electron chi connectivity index (χ3n) is 5.73. The highest BCUT2D eigenvalue weighted by Gasteiger charge is 2.31. The van der Waals surface area contributed by atoms with Gasteiger partial charge in [0.15, 0.2) is 0 Å². The number of fused-ring (bicyclic) bond motifs is 1. The molecule has 0 saturated heterocycles. The number of rotatable bonds is 10. The zero-order valence-electron chi connectivity index (χ0n) is 19.4. The summed E-state index contributed by atoms with van der Waals surface area (Å²) in [6, 6.07) is 10.8. The monoisotopic (exact) mass is 552 g/mol. The summed E-state index contributed by atoms with van der Waals surface area (Å²) in [5, 5.41) is 24.6. The Balaban J connectivity index is 1.59. The van der Waals surface area contributed by atoms with E-state index in [2.05, 4.69) is 10.3 Å². The average Bonchev–Trinajstić information content (AvgIpc) is 3.36. The maximum Gasteiger partial charge on any atom is 0.416 e. The summed E-state index contributed by atoms with van der Waals surface area (Å²) >= 11 is 7.13. The van der Waals surface area contributed by atoms with E-state index >= 15 is 0 Å². The Bertz CT molecular complexity index is 1420. The van der Waals surface area contributed by atoms with Crippen molar-refractivity contribution in [3.63, 3.8) is 0 Å². The van der Waals surface area contributed by atoms with Gasteiger partial charge >= 0.3 is 6.18 Å². The number of halogens is 4. The van der Waals surface area contributed by atoms with Gasteiger partial charge in [-0.25, -0.2) is 0 Å². The van der Waals surface area contributed by atoms with Crippen molar-refractivity contribution in [3.8, 4) is 16.9 Å². The Morgan fingerprint density at radius 2 is 1.95 bits per heavy atom. The number of aromatic amines is 1. The SMILES string of the molecule is O=c1[nH]c2ccc(C(F)(F)F)cc2c(-c2cc(Cl)ccc2O)c1SCC(O)CCNCCc1ccco1. The van der Waals surface area contributed by atoms with Crippen molar-refractivity contribution in [1.82, 2.24) is 10.3 Å². The molecule has 1 atom stereocenters. The van der Waals surface area contributed by atoms with Crippen LogP contribution in [-0.4, -0.2) is 40.1 Å². The molecule has 196 valence electrons. The van der Waals surface area contributed by atoms with E-state index in [1.807, 2.05) is 12.1 Å². The molecule has 0 bridgehead atoms. The maximum absolute atomic E-state index is 13.5. The number of benzene rings is 2. The summed E-state index contributed by atoms with van der Waals surface area (Å²) in [4.78, 5) is 15.7. The molecule has 2 heterocycles. The molecule has 4 rings (SSSR count). The van der Waals surface area contributed by atoms with Crippen LogP contribution in [0.25, 0.3) is 22.0 Å². The van der Waals surface area contributed by atoms with E-state index in [1.54, 1.807) is 6.26 Å². The van der Waals surface area contributed by atoms with Gasteiger partial charge in [0.05, 0.1) is 22.8 Å². The van der Waals surface area contributed by atoms with Crippen LogP contribution in [0.5, 0.6) is 5.75 Å². The van der Waals surface area contributed by atoms with Crippen molar-refractivity contribution in [2.75, 3.05) is 18.8 Å². The van der Waals surface area contributed by atoms with E-state index in [-0.39, 0.29) is 43.5 Å². The van der Waals surface area contributed by atoms with E-state index in [0.717, 1.165) is 29.7 Å². The van der Waals surface area contributed by atoms with Crippen LogP contribution in [0.15, 0.2) is 68.9 Å². The second-order valence-electron chi connectivity index (χ2n) is 8.41. The summed E-state index contributed by atoms with van der Waals surface area (Å²) in [7, 11) is 0. The molecule has 1 unspecified atom stereocenters. The number of alkyl halides is 3. The van der Waals surface area contributed by atoms with Gasteiger partial charge in [0.25, 0.3) is 5.56 Å². The molecule has 0 radical (unpaired) electrons. The zero-order valence-corrected chi connectivity index (χ0v) is 21.0. The molecular formula is C26H24ClF3N2O4S. The molecule has 0 aliphatic rings. The van der Waals surface area contributed by atoms with Crippen molar-refractivity contribution in [2.24, 2.45) is 0 Å². The average molecular weight is 553 g/mol. The Kier molecular flexibility index (Phi) is 8.53. The second-order valence-corrected chi connectivity index (χ2v) is 9.88. The van der Waals surface area contributed by atoms with Crippen molar-refractivity contribution < 1.29 is 27.8 Å². The van der Waals surface area contributed by atoms with Crippen LogP contribution in [0.4, 0.5) is 13.2 Å². The van der Waals surface area contributed by atoms with E-state index in [0.29, 0.717) is 25.9 Å². The van der Waals surface area contributed by atoms with E-state index in [1.165, 1.54) is 24.3 Å². The number of aromatic nitrogens is 1. The van der Waals surface area contributed by atoms with Gasteiger partial charge in [0.1, 0.15) is 11.5 Å². The Labute approximate surface area is 219 Å². The van der Waals surface area contributed by atoms with Crippen LogP contribution in [0.3, 0.4) is 0 Å². The number of thioether (sulfide) groups is 1. The van der Waals surface area contributed by atoms with E-state index < -0.39 is 23.4 Å². The van der Waals surface area contributed by atoms with Gasteiger partial charge < -0.3 is 24.9 Å². The third kappa shape index (κ3) is 6.70. The fourth-order valence-electron chi connectivity index (χ4n) is 3.89. The standard InChI is InChI=1S/C26H24ClF3N2O4S/c27-16-4-6-22(34)20(13-16)23-19-12-15(26(28,29)30)3-5-21(19)32-25(35)24(23)37-14-17(33)7-9-31-10-8-18-2-1-11-36-18/h1-6,11-13,17,31,33-34H,7-10,14H2,(H,32,35). The molecule has 0 aliphatic heterocycles. The number of furan rings is 1. The third-order valence-corrected chi connectivity index (χ3v) is 7.19. The van der Waals surface area contributed by atoms with E-state index in [4.69, 9.17) is 16.0 Å². The van der Waals surface area contributed by atoms with Crippen LogP contribution < -0.4 is 10.9 Å². The summed E-state index contributed by atoms with van der Waals surface area (Å²) in [6.07, 6.45) is -2.69. The number of hydrogen-bond acceptors (Lipinski definition) is 6. The van der Waals surface area contributed by atoms with Crippen LogP contribution in [0.2, 0.25) is 5.02 Å². The van der Waals surface area contributed by atoms with Gasteiger partial charge in [0, 0.05) is 45.8 Å². The first-order valence-corrected chi connectivity index (χ1v) is 12.8. The van der Waals surface area contributed by atoms with Gasteiger partial charge in [-0.05, 0) is 61.5 Å². The largest absolute Gasteiger partial charge is 0.507 e. The van der Waals surface area contributed by atoms with Crippen molar-refractivity contribution in [2.45, 2.75) is 30.0 Å². The first-order chi connectivity index (χ1) is 17.6.